The molecule has 1 unspecified atom stereocenters. The van der Waals surface area contributed by atoms with E-state index in [1.165, 1.54) is 12.1 Å². The molecule has 1 heterocycles. The zero-order valence-corrected chi connectivity index (χ0v) is 11.5. The van der Waals surface area contributed by atoms with Crippen molar-refractivity contribution in [3.8, 4) is 6.07 Å². The highest BCUT2D eigenvalue weighted by Gasteiger charge is 2.32. The van der Waals surface area contributed by atoms with Gasteiger partial charge in [0.15, 0.2) is 0 Å². The maximum absolute atomic E-state index is 12.3. The van der Waals surface area contributed by atoms with Crippen molar-refractivity contribution >= 4 is 10.0 Å². The van der Waals surface area contributed by atoms with E-state index in [4.69, 9.17) is 10.00 Å². The topological polar surface area (TPSA) is 79.2 Å². The summed E-state index contributed by atoms with van der Waals surface area (Å²) in [5.74, 6) is 0. The van der Waals surface area contributed by atoms with Gasteiger partial charge in [0.05, 0.1) is 28.7 Å². The Hall–Kier alpha value is -1.42. The van der Waals surface area contributed by atoms with Crippen LogP contribution in [-0.2, 0) is 14.8 Å². The molecule has 6 heteroatoms. The van der Waals surface area contributed by atoms with Crippen LogP contribution in [0, 0.1) is 11.3 Å². The molecule has 1 N–H and O–H groups in total. The average Bonchev–Trinajstić information content (AvgIpc) is 2.38. The molecule has 0 saturated carbocycles. The summed E-state index contributed by atoms with van der Waals surface area (Å²) >= 11 is 0. The van der Waals surface area contributed by atoms with Gasteiger partial charge in [-0.05, 0) is 38.0 Å². The van der Waals surface area contributed by atoms with Crippen LogP contribution in [0.3, 0.4) is 0 Å². The van der Waals surface area contributed by atoms with E-state index in [1.54, 1.807) is 12.1 Å². The second kappa shape index (κ2) is 5.29. The molecule has 0 amide bonds. The maximum atomic E-state index is 12.3. The Morgan fingerprint density at radius 3 is 2.89 bits per heavy atom. The van der Waals surface area contributed by atoms with Gasteiger partial charge in [0.2, 0.25) is 10.0 Å². The molecular weight excluding hydrogens is 264 g/mol. The zero-order chi connectivity index (χ0) is 13.9. The Bertz CT molecular complexity index is 599. The third-order valence-corrected chi connectivity index (χ3v) is 4.73. The van der Waals surface area contributed by atoms with Crippen LogP contribution in [-0.4, -0.2) is 27.2 Å². The van der Waals surface area contributed by atoms with Gasteiger partial charge in [-0.1, -0.05) is 6.07 Å². The highest BCUT2D eigenvalue weighted by atomic mass is 32.2. The summed E-state index contributed by atoms with van der Waals surface area (Å²) in [6.07, 6.45) is 1.57. The molecule has 0 radical (unpaired) electrons. The summed E-state index contributed by atoms with van der Waals surface area (Å²) in [5.41, 5.74) is -0.257. The quantitative estimate of drug-likeness (QED) is 0.907. The number of ether oxygens (including phenoxy) is 1. The van der Waals surface area contributed by atoms with Crippen LogP contribution < -0.4 is 4.72 Å². The van der Waals surface area contributed by atoms with E-state index in [0.29, 0.717) is 18.8 Å². The highest BCUT2D eigenvalue weighted by molar-refractivity contribution is 7.89. The van der Waals surface area contributed by atoms with Crippen molar-refractivity contribution in [1.82, 2.24) is 4.72 Å². The fraction of sp³-hybridized carbons (Fsp3) is 0.462. The minimum atomic E-state index is -3.63. The Labute approximate surface area is 113 Å². The Kier molecular flexibility index (Phi) is 3.90. The molecule has 0 spiro atoms. The van der Waals surface area contributed by atoms with Crippen LogP contribution in [0.1, 0.15) is 25.3 Å². The first kappa shape index (κ1) is 14.0. The van der Waals surface area contributed by atoms with Crippen molar-refractivity contribution < 1.29 is 13.2 Å². The second-order valence-electron chi connectivity index (χ2n) is 4.96. The standard InChI is InChI=1S/C13H16N2O3S/c1-13(6-3-7-18-10-13)15-19(16,17)12-5-2-4-11(8-12)9-14/h2,4-5,8,15H,3,6-7,10H2,1H3. The number of sulfonamides is 1. The van der Waals surface area contributed by atoms with Gasteiger partial charge in [-0.2, -0.15) is 5.26 Å². The molecule has 0 aliphatic carbocycles. The molecule has 2 rings (SSSR count). The Balaban J connectivity index is 2.25. The predicted molar refractivity (Wildman–Crippen MR) is 69.9 cm³/mol. The van der Waals surface area contributed by atoms with Crippen LogP contribution >= 0.6 is 0 Å². The molecule has 0 aromatic heterocycles. The Morgan fingerprint density at radius 2 is 2.26 bits per heavy atom. The highest BCUT2D eigenvalue weighted by Crippen LogP contribution is 2.22. The molecule has 5 nitrogen and oxygen atoms in total. The number of rotatable bonds is 3. The predicted octanol–water partition coefficient (Wildman–Crippen LogP) is 1.41. The van der Waals surface area contributed by atoms with Gasteiger partial charge >= 0.3 is 0 Å². The second-order valence-corrected chi connectivity index (χ2v) is 6.64. The van der Waals surface area contributed by atoms with Crippen molar-refractivity contribution in [3.05, 3.63) is 29.8 Å². The normalized spacial score (nSPS) is 23.8. The van der Waals surface area contributed by atoms with E-state index in [9.17, 15) is 8.42 Å². The largest absolute Gasteiger partial charge is 0.380 e. The van der Waals surface area contributed by atoms with Gasteiger partial charge in [-0.3, -0.25) is 0 Å². The van der Waals surface area contributed by atoms with E-state index in [-0.39, 0.29) is 4.90 Å². The van der Waals surface area contributed by atoms with Crippen LogP contribution in [0.25, 0.3) is 0 Å². The SMILES string of the molecule is CC1(NS(=O)(=O)c2cccc(C#N)c2)CCCOC1. The number of nitrogens with zero attached hydrogens (tertiary/aromatic N) is 1. The molecule has 1 atom stereocenters. The molecule has 102 valence electrons. The summed E-state index contributed by atoms with van der Waals surface area (Å²) in [7, 11) is -3.63. The van der Waals surface area contributed by atoms with Crippen LogP contribution in [0.15, 0.2) is 29.2 Å². The summed E-state index contributed by atoms with van der Waals surface area (Å²) in [4.78, 5) is 0.110. The maximum Gasteiger partial charge on any atom is 0.241 e. The number of nitriles is 1. The molecule has 1 fully saturated rings. The lowest BCUT2D eigenvalue weighted by atomic mass is 9.97. The molecular formula is C13H16N2O3S. The van der Waals surface area contributed by atoms with Gasteiger partial charge in [-0.15, -0.1) is 0 Å². The molecule has 1 aliphatic rings. The average molecular weight is 280 g/mol. The van der Waals surface area contributed by atoms with E-state index in [0.717, 1.165) is 12.8 Å². The molecule has 1 aliphatic heterocycles. The number of hydrogen-bond donors (Lipinski definition) is 1. The van der Waals surface area contributed by atoms with Crippen LogP contribution in [0.4, 0.5) is 0 Å². The third-order valence-electron chi connectivity index (χ3n) is 3.09. The molecule has 1 aromatic rings. The van der Waals surface area contributed by atoms with Crippen molar-refractivity contribution in [3.63, 3.8) is 0 Å². The first-order valence-electron chi connectivity index (χ1n) is 6.07. The van der Waals surface area contributed by atoms with Crippen LogP contribution in [0.2, 0.25) is 0 Å². The van der Waals surface area contributed by atoms with Gasteiger partial charge in [-0.25, -0.2) is 13.1 Å². The van der Waals surface area contributed by atoms with E-state index in [1.807, 2.05) is 13.0 Å². The number of benzene rings is 1. The number of nitrogens with one attached hydrogen (secondary N) is 1. The van der Waals surface area contributed by atoms with Crippen molar-refractivity contribution in [2.45, 2.75) is 30.2 Å². The van der Waals surface area contributed by atoms with Crippen molar-refractivity contribution in [1.29, 1.82) is 5.26 Å². The molecule has 0 bridgehead atoms. The molecule has 19 heavy (non-hydrogen) atoms. The van der Waals surface area contributed by atoms with E-state index >= 15 is 0 Å². The monoisotopic (exact) mass is 280 g/mol. The first-order chi connectivity index (χ1) is 8.95. The lowest BCUT2D eigenvalue weighted by Crippen LogP contribution is -2.51. The third kappa shape index (κ3) is 3.32. The molecule has 1 aromatic carbocycles. The lowest BCUT2D eigenvalue weighted by molar-refractivity contribution is 0.0386. The van der Waals surface area contributed by atoms with Crippen LogP contribution in [0.5, 0.6) is 0 Å². The van der Waals surface area contributed by atoms with E-state index < -0.39 is 15.6 Å². The number of hydrogen-bond acceptors (Lipinski definition) is 4. The van der Waals surface area contributed by atoms with Gasteiger partial charge in [0.1, 0.15) is 0 Å². The van der Waals surface area contributed by atoms with Crippen molar-refractivity contribution in [2.24, 2.45) is 0 Å². The van der Waals surface area contributed by atoms with Gasteiger partial charge in [0, 0.05) is 6.61 Å². The minimum Gasteiger partial charge on any atom is -0.380 e. The summed E-state index contributed by atoms with van der Waals surface area (Å²) in [5, 5.41) is 8.81. The fourth-order valence-electron chi connectivity index (χ4n) is 2.13. The summed E-state index contributed by atoms with van der Waals surface area (Å²) in [6, 6.07) is 7.92. The fourth-order valence-corrected chi connectivity index (χ4v) is 3.60. The zero-order valence-electron chi connectivity index (χ0n) is 10.7. The van der Waals surface area contributed by atoms with Gasteiger partial charge in [0.25, 0.3) is 0 Å². The van der Waals surface area contributed by atoms with Crippen molar-refractivity contribution in [2.75, 3.05) is 13.2 Å². The molecule has 1 saturated heterocycles. The summed E-state index contributed by atoms with van der Waals surface area (Å²) in [6.45, 7) is 2.86. The smallest absolute Gasteiger partial charge is 0.241 e. The summed E-state index contributed by atoms with van der Waals surface area (Å²) < 4.78 is 32.6. The minimum absolute atomic E-state index is 0.110. The van der Waals surface area contributed by atoms with E-state index in [2.05, 4.69) is 4.72 Å². The van der Waals surface area contributed by atoms with Gasteiger partial charge < -0.3 is 4.74 Å². The first-order valence-corrected chi connectivity index (χ1v) is 7.55. The lowest BCUT2D eigenvalue weighted by Gasteiger charge is -2.33. The Morgan fingerprint density at radius 1 is 1.47 bits per heavy atom.